The summed E-state index contributed by atoms with van der Waals surface area (Å²) in [5.74, 6) is -0.0527. The van der Waals surface area contributed by atoms with Crippen LogP contribution in [0, 0.1) is 6.92 Å². The molecule has 0 radical (unpaired) electrons. The molecule has 0 aliphatic carbocycles. The van der Waals surface area contributed by atoms with Crippen molar-refractivity contribution >= 4 is 44.7 Å². The number of rotatable bonds is 3. The Morgan fingerprint density at radius 1 is 1.19 bits per heavy atom. The van der Waals surface area contributed by atoms with Gasteiger partial charge in [-0.15, -0.1) is 0 Å². The van der Waals surface area contributed by atoms with Crippen LogP contribution in [0.15, 0.2) is 46.9 Å². The molecule has 2 rings (SSSR count). The Labute approximate surface area is 137 Å². The highest BCUT2D eigenvalue weighted by Gasteiger charge is 2.15. The lowest BCUT2D eigenvalue weighted by Crippen LogP contribution is -2.27. The first-order valence-corrected chi connectivity index (χ1v) is 7.54. The Hall–Kier alpha value is -1.72. The number of anilines is 1. The Kier molecular flexibility index (Phi) is 4.75. The van der Waals surface area contributed by atoms with Gasteiger partial charge in [0, 0.05) is 28.3 Å². The van der Waals surface area contributed by atoms with Gasteiger partial charge in [-0.1, -0.05) is 28.1 Å². The second kappa shape index (κ2) is 6.37. The molecule has 0 fully saturated rings. The number of thiocarbonyl (C=S) groups is 1. The van der Waals surface area contributed by atoms with Gasteiger partial charge in [0.15, 0.2) is 0 Å². The average Bonchev–Trinajstić information content (AvgIpc) is 2.46. The molecule has 2 aromatic rings. The van der Waals surface area contributed by atoms with Gasteiger partial charge in [-0.2, -0.15) is 0 Å². The molecule has 0 bridgehead atoms. The van der Waals surface area contributed by atoms with Crippen molar-refractivity contribution in [2.45, 2.75) is 6.92 Å². The lowest BCUT2D eigenvalue weighted by Gasteiger charge is -2.19. The highest BCUT2D eigenvalue weighted by molar-refractivity contribution is 9.10. The molecule has 0 atom stereocenters. The van der Waals surface area contributed by atoms with Crippen molar-refractivity contribution in [3.63, 3.8) is 0 Å². The molecule has 2 N–H and O–H groups in total. The number of halogens is 1. The minimum atomic E-state index is -0.0527. The maximum atomic E-state index is 12.6. The molecule has 2 aromatic carbocycles. The summed E-state index contributed by atoms with van der Waals surface area (Å²) < 4.78 is 0.958. The summed E-state index contributed by atoms with van der Waals surface area (Å²) in [6.07, 6.45) is 0. The molecule has 108 valence electrons. The highest BCUT2D eigenvalue weighted by atomic mass is 79.9. The highest BCUT2D eigenvalue weighted by Crippen LogP contribution is 2.20. The first-order chi connectivity index (χ1) is 9.90. The van der Waals surface area contributed by atoms with Crippen molar-refractivity contribution in [2.24, 2.45) is 5.73 Å². The minimum absolute atomic E-state index is 0.0527. The number of nitrogens with zero attached hydrogens (tertiary/aromatic N) is 1. The van der Waals surface area contributed by atoms with E-state index in [1.165, 1.54) is 0 Å². The van der Waals surface area contributed by atoms with Crippen LogP contribution in [-0.2, 0) is 0 Å². The summed E-state index contributed by atoms with van der Waals surface area (Å²) in [6, 6.07) is 12.9. The van der Waals surface area contributed by atoms with Crippen molar-refractivity contribution in [1.29, 1.82) is 0 Å². The Morgan fingerprint density at radius 3 is 2.33 bits per heavy atom. The van der Waals surface area contributed by atoms with Gasteiger partial charge in [-0.3, -0.25) is 4.79 Å². The molecule has 5 heteroatoms. The third-order valence-electron chi connectivity index (χ3n) is 3.26. The maximum Gasteiger partial charge on any atom is 0.258 e. The molecule has 0 aliphatic rings. The van der Waals surface area contributed by atoms with E-state index in [-0.39, 0.29) is 5.91 Å². The van der Waals surface area contributed by atoms with E-state index in [4.69, 9.17) is 18.0 Å². The summed E-state index contributed by atoms with van der Waals surface area (Å²) in [7, 11) is 1.75. The van der Waals surface area contributed by atoms with E-state index in [9.17, 15) is 4.79 Å². The first-order valence-electron chi connectivity index (χ1n) is 6.34. The van der Waals surface area contributed by atoms with Crippen molar-refractivity contribution in [3.8, 4) is 0 Å². The number of aryl methyl sites for hydroxylation is 1. The van der Waals surface area contributed by atoms with Gasteiger partial charge in [0.25, 0.3) is 5.91 Å². The van der Waals surface area contributed by atoms with Crippen LogP contribution in [0.2, 0.25) is 0 Å². The quantitative estimate of drug-likeness (QED) is 0.847. The standard InChI is InChI=1S/C16H15BrN2OS/c1-10-9-12(17)5-8-14(10)16(20)19(2)13-6-3-11(4-7-13)15(18)21/h3-9H,1-2H3,(H2,18,21). The van der Waals surface area contributed by atoms with Crippen LogP contribution >= 0.6 is 28.1 Å². The molecule has 0 saturated carbocycles. The molecule has 0 aromatic heterocycles. The van der Waals surface area contributed by atoms with Crippen molar-refractivity contribution in [2.75, 3.05) is 11.9 Å². The molecule has 21 heavy (non-hydrogen) atoms. The van der Waals surface area contributed by atoms with E-state index < -0.39 is 0 Å². The molecule has 0 saturated heterocycles. The molecule has 3 nitrogen and oxygen atoms in total. The van der Waals surface area contributed by atoms with E-state index in [1.54, 1.807) is 11.9 Å². The number of benzene rings is 2. The molecular formula is C16H15BrN2OS. The Balaban J connectivity index is 2.28. The monoisotopic (exact) mass is 362 g/mol. The third-order valence-corrected chi connectivity index (χ3v) is 3.99. The lowest BCUT2D eigenvalue weighted by atomic mass is 10.1. The first kappa shape index (κ1) is 15.7. The van der Waals surface area contributed by atoms with Crippen molar-refractivity contribution in [1.82, 2.24) is 0 Å². The van der Waals surface area contributed by atoms with Crippen LogP contribution in [0.5, 0.6) is 0 Å². The summed E-state index contributed by atoms with van der Waals surface area (Å²) in [5, 5.41) is 0. The average molecular weight is 363 g/mol. The largest absolute Gasteiger partial charge is 0.389 e. The zero-order chi connectivity index (χ0) is 15.6. The van der Waals surface area contributed by atoms with Gasteiger partial charge in [0.1, 0.15) is 4.99 Å². The predicted octanol–water partition coefficient (Wildman–Crippen LogP) is 3.67. The van der Waals surface area contributed by atoms with Crippen molar-refractivity contribution < 1.29 is 4.79 Å². The van der Waals surface area contributed by atoms with Crippen LogP contribution < -0.4 is 10.6 Å². The Morgan fingerprint density at radius 2 is 1.81 bits per heavy atom. The minimum Gasteiger partial charge on any atom is -0.389 e. The normalized spacial score (nSPS) is 10.2. The second-order valence-electron chi connectivity index (χ2n) is 4.73. The van der Waals surface area contributed by atoms with Gasteiger partial charge in [-0.25, -0.2) is 0 Å². The van der Waals surface area contributed by atoms with E-state index in [2.05, 4.69) is 15.9 Å². The summed E-state index contributed by atoms with van der Waals surface area (Å²) in [6.45, 7) is 1.92. The van der Waals surface area contributed by atoms with E-state index >= 15 is 0 Å². The van der Waals surface area contributed by atoms with Crippen LogP contribution in [0.3, 0.4) is 0 Å². The van der Waals surface area contributed by atoms with Gasteiger partial charge in [0.05, 0.1) is 0 Å². The van der Waals surface area contributed by atoms with E-state index in [0.29, 0.717) is 10.6 Å². The van der Waals surface area contributed by atoms with Crippen molar-refractivity contribution in [3.05, 3.63) is 63.6 Å². The van der Waals surface area contributed by atoms with Gasteiger partial charge in [-0.05, 0) is 55.0 Å². The number of carbonyl (C=O) groups is 1. The molecular weight excluding hydrogens is 348 g/mol. The van der Waals surface area contributed by atoms with Gasteiger partial charge < -0.3 is 10.6 Å². The fraction of sp³-hybridized carbons (Fsp3) is 0.125. The van der Waals surface area contributed by atoms with Crippen LogP contribution in [0.25, 0.3) is 0 Å². The Bertz CT molecular complexity index is 698. The topological polar surface area (TPSA) is 46.3 Å². The summed E-state index contributed by atoms with van der Waals surface area (Å²) in [4.78, 5) is 14.5. The second-order valence-corrected chi connectivity index (χ2v) is 6.09. The summed E-state index contributed by atoms with van der Waals surface area (Å²) in [5.41, 5.74) is 8.76. The van der Waals surface area contributed by atoms with Gasteiger partial charge >= 0.3 is 0 Å². The molecule has 0 unspecified atom stereocenters. The maximum absolute atomic E-state index is 12.6. The third kappa shape index (κ3) is 3.49. The zero-order valence-electron chi connectivity index (χ0n) is 11.8. The summed E-state index contributed by atoms with van der Waals surface area (Å²) >= 11 is 8.32. The molecule has 0 heterocycles. The SMILES string of the molecule is Cc1cc(Br)ccc1C(=O)N(C)c1ccc(C(N)=S)cc1. The fourth-order valence-corrected chi connectivity index (χ4v) is 2.63. The van der Waals surface area contributed by atoms with Crippen LogP contribution in [0.1, 0.15) is 21.5 Å². The van der Waals surface area contributed by atoms with Crippen LogP contribution in [-0.4, -0.2) is 17.9 Å². The molecule has 0 spiro atoms. The smallest absolute Gasteiger partial charge is 0.258 e. The number of hydrogen-bond acceptors (Lipinski definition) is 2. The zero-order valence-corrected chi connectivity index (χ0v) is 14.2. The molecule has 1 amide bonds. The lowest BCUT2D eigenvalue weighted by molar-refractivity contribution is 0.0992. The van der Waals surface area contributed by atoms with E-state index in [0.717, 1.165) is 21.3 Å². The molecule has 0 aliphatic heterocycles. The predicted molar refractivity (Wildman–Crippen MR) is 93.9 cm³/mol. The number of nitrogens with two attached hydrogens (primary N) is 1. The number of carbonyl (C=O) groups excluding carboxylic acids is 1. The fourth-order valence-electron chi connectivity index (χ4n) is 2.01. The number of hydrogen-bond donors (Lipinski definition) is 1. The van der Waals surface area contributed by atoms with E-state index in [1.807, 2.05) is 49.4 Å². The van der Waals surface area contributed by atoms with Crippen LogP contribution in [0.4, 0.5) is 5.69 Å². The van der Waals surface area contributed by atoms with Gasteiger partial charge in [0.2, 0.25) is 0 Å². The number of amides is 1.